The smallest absolute Gasteiger partial charge is 0.0991 e. The van der Waals surface area contributed by atoms with E-state index in [1.54, 1.807) is 0 Å². The predicted octanol–water partition coefficient (Wildman–Crippen LogP) is 12.7. The first-order chi connectivity index (χ1) is 23.7. The summed E-state index contributed by atoms with van der Waals surface area (Å²) in [7, 11) is 0. The second-order valence-electron chi connectivity index (χ2n) is 12.1. The second-order valence-corrected chi connectivity index (χ2v) is 12.1. The van der Waals surface area contributed by atoms with Gasteiger partial charge in [0.1, 0.15) is 0 Å². The molecule has 0 amide bonds. The van der Waals surface area contributed by atoms with Crippen molar-refractivity contribution in [1.82, 2.24) is 0 Å². The van der Waals surface area contributed by atoms with E-state index < -0.39 is 0 Å². The molecule has 8 aromatic carbocycles. The summed E-state index contributed by atoms with van der Waals surface area (Å²) >= 11 is 0. The molecule has 1 heteroatoms. The van der Waals surface area contributed by atoms with Gasteiger partial charge < -0.3 is 0 Å². The fraction of sp³-hybridized carbons (Fsp3) is 0. The Morgan fingerprint density at radius 1 is 0.271 bits per heavy atom. The molecule has 0 spiro atoms. The van der Waals surface area contributed by atoms with E-state index in [4.69, 9.17) is 0 Å². The minimum atomic E-state index is 0.656. The van der Waals surface area contributed by atoms with Gasteiger partial charge in [0.25, 0.3) is 0 Å². The Hall–Kier alpha value is -6.49. The van der Waals surface area contributed by atoms with Crippen LogP contribution >= 0.6 is 0 Å². The zero-order valence-corrected chi connectivity index (χ0v) is 26.3. The van der Waals surface area contributed by atoms with Gasteiger partial charge in [0.2, 0.25) is 0 Å². The van der Waals surface area contributed by atoms with E-state index in [2.05, 4.69) is 176 Å². The molecule has 0 aliphatic rings. The van der Waals surface area contributed by atoms with Crippen LogP contribution in [0.25, 0.3) is 77.5 Å². The molecule has 0 bridgehead atoms. The third-order valence-electron chi connectivity index (χ3n) is 9.13. The molecule has 0 aliphatic carbocycles. The van der Waals surface area contributed by atoms with Crippen molar-refractivity contribution < 1.29 is 0 Å². The number of fused-ring (bicyclic) bond motifs is 1. The molecular weight excluding hydrogens is 579 g/mol. The molecule has 0 saturated heterocycles. The lowest BCUT2D eigenvalue weighted by Gasteiger charge is -2.14. The van der Waals surface area contributed by atoms with E-state index in [1.807, 2.05) is 18.2 Å². The lowest BCUT2D eigenvalue weighted by atomic mass is 9.89. The van der Waals surface area contributed by atoms with Gasteiger partial charge in [-0.3, -0.25) is 0 Å². The minimum absolute atomic E-state index is 0.656. The third kappa shape index (κ3) is 5.69. The first-order valence-electron chi connectivity index (χ1n) is 16.2. The highest BCUT2D eigenvalue weighted by Gasteiger charge is 2.13. The van der Waals surface area contributed by atoms with Gasteiger partial charge in [-0.2, -0.15) is 5.26 Å². The maximum Gasteiger partial charge on any atom is 0.0991 e. The SMILES string of the molecule is N#Cc1ccc2c(-c3ccc(-c4ccccc4)cc3)ccc(-c3ccc(-c4cc(-c5ccccc5)cc(-c5ccccc5)c4)cc3)c2c1. The lowest BCUT2D eigenvalue weighted by molar-refractivity contribution is 1.49. The summed E-state index contributed by atoms with van der Waals surface area (Å²) < 4.78 is 0. The summed E-state index contributed by atoms with van der Waals surface area (Å²) in [5, 5.41) is 12.0. The maximum atomic E-state index is 9.81. The molecule has 224 valence electrons. The van der Waals surface area contributed by atoms with E-state index in [9.17, 15) is 5.26 Å². The minimum Gasteiger partial charge on any atom is -0.192 e. The van der Waals surface area contributed by atoms with Crippen molar-refractivity contribution in [3.63, 3.8) is 0 Å². The van der Waals surface area contributed by atoms with Crippen LogP contribution in [0.5, 0.6) is 0 Å². The van der Waals surface area contributed by atoms with Crippen molar-refractivity contribution in [2.45, 2.75) is 0 Å². The summed E-state index contributed by atoms with van der Waals surface area (Å²) in [6.45, 7) is 0. The topological polar surface area (TPSA) is 23.8 Å². The number of hydrogen-bond donors (Lipinski definition) is 0. The molecule has 8 aromatic rings. The first-order valence-corrected chi connectivity index (χ1v) is 16.2. The number of nitrogens with zero attached hydrogens (tertiary/aromatic N) is 1. The fourth-order valence-corrected chi connectivity index (χ4v) is 6.63. The van der Waals surface area contributed by atoms with E-state index in [1.165, 1.54) is 38.9 Å². The van der Waals surface area contributed by atoms with E-state index in [0.29, 0.717) is 5.56 Å². The van der Waals surface area contributed by atoms with Crippen LogP contribution in [0, 0.1) is 11.3 Å². The molecule has 0 unspecified atom stereocenters. The number of hydrogen-bond acceptors (Lipinski definition) is 1. The Morgan fingerprint density at radius 2 is 0.625 bits per heavy atom. The van der Waals surface area contributed by atoms with Crippen molar-refractivity contribution in [1.29, 1.82) is 5.26 Å². The normalized spacial score (nSPS) is 10.9. The van der Waals surface area contributed by atoms with Gasteiger partial charge in [0, 0.05) is 0 Å². The van der Waals surface area contributed by atoms with Gasteiger partial charge in [-0.1, -0.05) is 158 Å². The highest BCUT2D eigenvalue weighted by molar-refractivity contribution is 6.05. The average molecular weight is 610 g/mol. The van der Waals surface area contributed by atoms with Crippen LogP contribution in [-0.2, 0) is 0 Å². The lowest BCUT2D eigenvalue weighted by Crippen LogP contribution is -1.89. The third-order valence-corrected chi connectivity index (χ3v) is 9.13. The standard InChI is InChI=1S/C47H31N/c48-32-33-16-25-46-44(39-21-17-37(18-22-39)34-10-4-1-5-11-34)26-27-45(47(46)28-33)40-23-19-38(20-24-40)43-30-41(35-12-6-2-7-13-35)29-42(31-43)36-14-8-3-9-15-36/h1-31H. The maximum absolute atomic E-state index is 9.81. The Labute approximate surface area is 281 Å². The molecular formula is C47H31N. The average Bonchev–Trinajstić information content (AvgIpc) is 3.18. The van der Waals surface area contributed by atoms with Gasteiger partial charge in [-0.05, 0) is 108 Å². The van der Waals surface area contributed by atoms with Crippen LogP contribution in [0.4, 0.5) is 0 Å². The van der Waals surface area contributed by atoms with Gasteiger partial charge in [0.15, 0.2) is 0 Å². The van der Waals surface area contributed by atoms with Gasteiger partial charge in [0.05, 0.1) is 11.6 Å². The van der Waals surface area contributed by atoms with Crippen molar-refractivity contribution in [2.75, 3.05) is 0 Å². The fourth-order valence-electron chi connectivity index (χ4n) is 6.63. The molecule has 0 saturated carbocycles. The zero-order valence-electron chi connectivity index (χ0n) is 26.3. The van der Waals surface area contributed by atoms with Crippen LogP contribution in [0.15, 0.2) is 188 Å². The monoisotopic (exact) mass is 609 g/mol. The molecule has 8 rings (SSSR count). The van der Waals surface area contributed by atoms with Gasteiger partial charge in [-0.25, -0.2) is 0 Å². The van der Waals surface area contributed by atoms with E-state index in [-0.39, 0.29) is 0 Å². The summed E-state index contributed by atoms with van der Waals surface area (Å²) in [6, 6.07) is 68.8. The van der Waals surface area contributed by atoms with Crippen molar-refractivity contribution in [3.05, 3.63) is 194 Å². The van der Waals surface area contributed by atoms with Crippen LogP contribution < -0.4 is 0 Å². The first kappa shape index (κ1) is 28.9. The molecule has 0 fully saturated rings. The predicted molar refractivity (Wildman–Crippen MR) is 201 cm³/mol. The second kappa shape index (κ2) is 12.7. The van der Waals surface area contributed by atoms with Crippen molar-refractivity contribution >= 4 is 10.8 Å². The summed E-state index contributed by atoms with van der Waals surface area (Å²) in [5.41, 5.74) is 14.7. The summed E-state index contributed by atoms with van der Waals surface area (Å²) in [5.74, 6) is 0. The number of rotatable bonds is 6. The molecule has 0 N–H and O–H groups in total. The summed E-state index contributed by atoms with van der Waals surface area (Å²) in [4.78, 5) is 0. The highest BCUT2D eigenvalue weighted by Crippen LogP contribution is 2.38. The molecule has 1 nitrogen and oxygen atoms in total. The van der Waals surface area contributed by atoms with Gasteiger partial charge >= 0.3 is 0 Å². The van der Waals surface area contributed by atoms with E-state index in [0.717, 1.165) is 38.6 Å². The van der Waals surface area contributed by atoms with Crippen LogP contribution in [-0.4, -0.2) is 0 Å². The zero-order chi connectivity index (χ0) is 32.3. The van der Waals surface area contributed by atoms with Crippen LogP contribution in [0.3, 0.4) is 0 Å². The molecule has 0 heterocycles. The molecule has 0 radical (unpaired) electrons. The van der Waals surface area contributed by atoms with E-state index >= 15 is 0 Å². The Kier molecular flexibility index (Phi) is 7.67. The number of nitriles is 1. The number of benzene rings is 8. The molecule has 0 atom stereocenters. The quantitative estimate of drug-likeness (QED) is 0.184. The molecule has 0 aliphatic heterocycles. The summed E-state index contributed by atoms with van der Waals surface area (Å²) in [6.07, 6.45) is 0. The van der Waals surface area contributed by atoms with Gasteiger partial charge in [-0.15, -0.1) is 0 Å². The Bertz CT molecular complexity index is 2340. The Balaban J connectivity index is 1.19. The van der Waals surface area contributed by atoms with Crippen molar-refractivity contribution in [2.24, 2.45) is 0 Å². The molecule has 0 aromatic heterocycles. The van der Waals surface area contributed by atoms with Crippen molar-refractivity contribution in [3.8, 4) is 72.8 Å². The van der Waals surface area contributed by atoms with Crippen LogP contribution in [0.1, 0.15) is 5.56 Å². The molecule has 48 heavy (non-hydrogen) atoms. The highest BCUT2D eigenvalue weighted by atomic mass is 14.2. The Morgan fingerprint density at radius 3 is 1.06 bits per heavy atom. The van der Waals surface area contributed by atoms with Crippen LogP contribution in [0.2, 0.25) is 0 Å². The largest absolute Gasteiger partial charge is 0.192 e.